The lowest BCUT2D eigenvalue weighted by atomic mass is 9.97. The number of anilines is 1. The van der Waals surface area contributed by atoms with Gasteiger partial charge in [-0.1, -0.05) is 29.8 Å². The van der Waals surface area contributed by atoms with Crippen molar-refractivity contribution in [3.05, 3.63) is 59.9 Å². The fourth-order valence-corrected chi connectivity index (χ4v) is 2.75. The molecule has 0 atom stereocenters. The van der Waals surface area contributed by atoms with Gasteiger partial charge >= 0.3 is 0 Å². The third kappa shape index (κ3) is 2.55. The Bertz CT molecular complexity index is 805. The third-order valence-corrected chi connectivity index (χ3v) is 4.01. The molecule has 0 aliphatic carbocycles. The fourth-order valence-electron chi connectivity index (χ4n) is 2.75. The molecule has 2 N–H and O–H groups in total. The van der Waals surface area contributed by atoms with Crippen LogP contribution in [0.15, 0.2) is 48.7 Å². The van der Waals surface area contributed by atoms with E-state index in [0.29, 0.717) is 6.54 Å². The molecule has 0 saturated heterocycles. The van der Waals surface area contributed by atoms with Gasteiger partial charge in [0.1, 0.15) is 0 Å². The van der Waals surface area contributed by atoms with Gasteiger partial charge in [0.2, 0.25) is 0 Å². The zero-order valence-corrected chi connectivity index (χ0v) is 13.3. The summed E-state index contributed by atoms with van der Waals surface area (Å²) in [6, 6.07) is 15.0. The van der Waals surface area contributed by atoms with Gasteiger partial charge in [-0.25, -0.2) is 0 Å². The quantitative estimate of drug-likeness (QED) is 0.799. The lowest BCUT2D eigenvalue weighted by molar-refractivity contribution is 1.01. The Labute approximate surface area is 131 Å². The standard InChI is InChI=1S/C19H21N3/c1-13-4-9-16-17(10-13)19(11-20)21-12-18(16)14-5-7-15(8-6-14)22(2)3/h4-10,12H,11,20H2,1-3H3. The Morgan fingerprint density at radius 2 is 1.73 bits per heavy atom. The summed E-state index contributed by atoms with van der Waals surface area (Å²) < 4.78 is 0. The molecule has 2 aromatic carbocycles. The van der Waals surface area contributed by atoms with Crippen molar-refractivity contribution in [2.75, 3.05) is 19.0 Å². The van der Waals surface area contributed by atoms with Crippen LogP contribution in [0, 0.1) is 6.92 Å². The molecule has 1 aromatic heterocycles. The number of hydrogen-bond acceptors (Lipinski definition) is 3. The first-order valence-electron chi connectivity index (χ1n) is 7.46. The van der Waals surface area contributed by atoms with Crippen molar-refractivity contribution in [1.29, 1.82) is 0 Å². The zero-order valence-electron chi connectivity index (χ0n) is 13.3. The number of aryl methyl sites for hydroxylation is 1. The van der Waals surface area contributed by atoms with Crippen molar-refractivity contribution in [1.82, 2.24) is 4.98 Å². The molecule has 0 amide bonds. The highest BCUT2D eigenvalue weighted by Gasteiger charge is 2.09. The fraction of sp³-hybridized carbons (Fsp3) is 0.211. The maximum Gasteiger partial charge on any atom is 0.0618 e. The van der Waals surface area contributed by atoms with E-state index in [1.165, 1.54) is 22.2 Å². The molecule has 112 valence electrons. The summed E-state index contributed by atoms with van der Waals surface area (Å²) >= 11 is 0. The average Bonchev–Trinajstić information content (AvgIpc) is 2.53. The number of hydrogen-bond donors (Lipinski definition) is 1. The largest absolute Gasteiger partial charge is 0.378 e. The molecule has 0 bridgehead atoms. The van der Waals surface area contributed by atoms with Gasteiger partial charge in [-0.05, 0) is 36.1 Å². The Kier molecular flexibility index (Phi) is 3.82. The second-order valence-electron chi connectivity index (χ2n) is 5.81. The maximum absolute atomic E-state index is 5.84. The van der Waals surface area contributed by atoms with E-state index in [2.05, 4.69) is 59.3 Å². The number of aromatic nitrogens is 1. The SMILES string of the molecule is Cc1ccc2c(-c3ccc(N(C)C)cc3)cnc(CN)c2c1. The molecule has 0 aliphatic rings. The van der Waals surface area contributed by atoms with E-state index in [0.717, 1.165) is 16.6 Å². The second-order valence-corrected chi connectivity index (χ2v) is 5.81. The summed E-state index contributed by atoms with van der Waals surface area (Å²) in [7, 11) is 4.09. The molecule has 0 fully saturated rings. The molecule has 3 heteroatoms. The molecule has 0 aliphatic heterocycles. The third-order valence-electron chi connectivity index (χ3n) is 4.01. The van der Waals surface area contributed by atoms with Gasteiger partial charge in [0.05, 0.1) is 5.69 Å². The number of pyridine rings is 1. The van der Waals surface area contributed by atoms with Crippen LogP contribution in [0.4, 0.5) is 5.69 Å². The van der Waals surface area contributed by atoms with Crippen LogP contribution in [-0.4, -0.2) is 19.1 Å². The molecule has 3 nitrogen and oxygen atoms in total. The number of fused-ring (bicyclic) bond motifs is 1. The summed E-state index contributed by atoms with van der Waals surface area (Å²) in [5.74, 6) is 0. The van der Waals surface area contributed by atoms with Crippen LogP contribution >= 0.6 is 0 Å². The lowest BCUT2D eigenvalue weighted by Gasteiger charge is -2.14. The normalized spacial score (nSPS) is 10.9. The molecule has 0 radical (unpaired) electrons. The molecule has 0 saturated carbocycles. The second kappa shape index (κ2) is 5.78. The average molecular weight is 291 g/mol. The van der Waals surface area contributed by atoms with E-state index in [1.54, 1.807) is 0 Å². The van der Waals surface area contributed by atoms with E-state index in [1.807, 2.05) is 20.3 Å². The topological polar surface area (TPSA) is 42.2 Å². The molecule has 22 heavy (non-hydrogen) atoms. The first-order valence-corrected chi connectivity index (χ1v) is 7.46. The first kappa shape index (κ1) is 14.5. The molecule has 0 unspecified atom stereocenters. The monoisotopic (exact) mass is 291 g/mol. The zero-order chi connectivity index (χ0) is 15.7. The number of nitrogens with two attached hydrogens (primary N) is 1. The van der Waals surface area contributed by atoms with Crippen LogP contribution < -0.4 is 10.6 Å². The minimum atomic E-state index is 0.458. The number of nitrogens with zero attached hydrogens (tertiary/aromatic N) is 2. The summed E-state index contributed by atoms with van der Waals surface area (Å²) in [5.41, 5.74) is 11.5. The summed E-state index contributed by atoms with van der Waals surface area (Å²) in [6.07, 6.45) is 1.94. The Morgan fingerprint density at radius 1 is 1.00 bits per heavy atom. The van der Waals surface area contributed by atoms with Crippen LogP contribution in [0.25, 0.3) is 21.9 Å². The highest BCUT2D eigenvalue weighted by Crippen LogP contribution is 2.31. The highest BCUT2D eigenvalue weighted by atomic mass is 15.1. The van der Waals surface area contributed by atoms with Crippen molar-refractivity contribution in [3.63, 3.8) is 0 Å². The van der Waals surface area contributed by atoms with Gasteiger partial charge in [-0.2, -0.15) is 0 Å². The van der Waals surface area contributed by atoms with Gasteiger partial charge < -0.3 is 10.6 Å². The van der Waals surface area contributed by atoms with Crippen LogP contribution in [0.3, 0.4) is 0 Å². The maximum atomic E-state index is 5.84. The van der Waals surface area contributed by atoms with E-state index in [4.69, 9.17) is 5.73 Å². The summed E-state index contributed by atoms with van der Waals surface area (Å²) in [5, 5.41) is 2.36. The van der Waals surface area contributed by atoms with Crippen LogP contribution in [0.1, 0.15) is 11.3 Å². The Hall–Kier alpha value is -2.39. The van der Waals surface area contributed by atoms with Crippen molar-refractivity contribution in [3.8, 4) is 11.1 Å². The molecule has 3 aromatic rings. The van der Waals surface area contributed by atoms with Crippen molar-refractivity contribution in [2.45, 2.75) is 13.5 Å². The minimum absolute atomic E-state index is 0.458. The molecule has 1 heterocycles. The van der Waals surface area contributed by atoms with Crippen molar-refractivity contribution >= 4 is 16.5 Å². The van der Waals surface area contributed by atoms with Gasteiger partial charge in [0.25, 0.3) is 0 Å². The molecule has 3 rings (SSSR count). The van der Waals surface area contributed by atoms with E-state index >= 15 is 0 Å². The van der Waals surface area contributed by atoms with Crippen LogP contribution in [0.5, 0.6) is 0 Å². The summed E-state index contributed by atoms with van der Waals surface area (Å²) in [6.45, 7) is 2.55. The van der Waals surface area contributed by atoms with Crippen molar-refractivity contribution in [2.24, 2.45) is 5.73 Å². The van der Waals surface area contributed by atoms with Crippen LogP contribution in [0.2, 0.25) is 0 Å². The van der Waals surface area contributed by atoms with Crippen LogP contribution in [-0.2, 0) is 6.54 Å². The molecular weight excluding hydrogens is 270 g/mol. The number of rotatable bonds is 3. The van der Waals surface area contributed by atoms with E-state index < -0.39 is 0 Å². The van der Waals surface area contributed by atoms with E-state index in [9.17, 15) is 0 Å². The Balaban J connectivity index is 2.19. The molecule has 0 spiro atoms. The van der Waals surface area contributed by atoms with Crippen molar-refractivity contribution < 1.29 is 0 Å². The first-order chi connectivity index (χ1) is 10.6. The molecular formula is C19H21N3. The van der Waals surface area contributed by atoms with Gasteiger partial charge in [0, 0.05) is 43.5 Å². The van der Waals surface area contributed by atoms with Gasteiger partial charge in [0.15, 0.2) is 0 Å². The minimum Gasteiger partial charge on any atom is -0.378 e. The van der Waals surface area contributed by atoms with Gasteiger partial charge in [-0.15, -0.1) is 0 Å². The highest BCUT2D eigenvalue weighted by molar-refractivity contribution is 5.97. The lowest BCUT2D eigenvalue weighted by Crippen LogP contribution is -2.08. The predicted molar refractivity (Wildman–Crippen MR) is 94.1 cm³/mol. The predicted octanol–water partition coefficient (Wildman–Crippen LogP) is 3.73. The van der Waals surface area contributed by atoms with E-state index in [-0.39, 0.29) is 0 Å². The smallest absolute Gasteiger partial charge is 0.0618 e. The summed E-state index contributed by atoms with van der Waals surface area (Å²) in [4.78, 5) is 6.66. The van der Waals surface area contributed by atoms with Gasteiger partial charge in [-0.3, -0.25) is 4.98 Å². The number of benzene rings is 2. The Morgan fingerprint density at radius 3 is 2.36 bits per heavy atom.